The number of rotatable bonds is 5. The second-order valence-corrected chi connectivity index (χ2v) is 9.79. The highest BCUT2D eigenvalue weighted by atomic mass is 16.2. The standard InChI is InChI=1S/C27H32N6O/c34-27(32-15-5-6-20(18-32)17-31-13-3-4-14-31)21-9-11-23(12-10-21)33-19-25(29-30-33)26-24-8-2-1-7-22(24)16-28-26/h1-2,7-12,19-20,29-30H,3-6,13-18H2. The SMILES string of the molecule is O=C(c1ccc(N2C=C(C3=NCc4ccccc43)NN2)cc1)N1CCCC(CN2CCCC2)C1. The Hall–Kier alpha value is -3.16. The normalized spacial score (nSPS) is 22.4. The van der Waals surface area contributed by atoms with Crippen molar-refractivity contribution in [2.24, 2.45) is 10.9 Å². The zero-order valence-corrected chi connectivity index (χ0v) is 19.5. The van der Waals surface area contributed by atoms with E-state index in [0.717, 1.165) is 55.3 Å². The van der Waals surface area contributed by atoms with Crippen molar-refractivity contribution >= 4 is 17.3 Å². The summed E-state index contributed by atoms with van der Waals surface area (Å²) in [5.41, 5.74) is 12.5. The Bertz CT molecular complexity index is 1120. The molecule has 34 heavy (non-hydrogen) atoms. The molecule has 2 aromatic rings. The van der Waals surface area contributed by atoms with E-state index in [4.69, 9.17) is 4.99 Å². The van der Waals surface area contributed by atoms with Crippen molar-refractivity contribution in [2.45, 2.75) is 32.2 Å². The Morgan fingerprint density at radius 2 is 1.82 bits per heavy atom. The molecule has 0 aromatic heterocycles. The van der Waals surface area contributed by atoms with Crippen molar-refractivity contribution < 1.29 is 4.79 Å². The third-order valence-corrected chi connectivity index (χ3v) is 7.42. The van der Waals surface area contributed by atoms with Crippen molar-refractivity contribution in [3.8, 4) is 0 Å². The lowest BCUT2D eigenvalue weighted by molar-refractivity contribution is 0.0648. The van der Waals surface area contributed by atoms with Gasteiger partial charge in [-0.3, -0.25) is 20.2 Å². The number of allylic oxidation sites excluding steroid dienone is 1. The summed E-state index contributed by atoms with van der Waals surface area (Å²) >= 11 is 0. The van der Waals surface area contributed by atoms with Gasteiger partial charge in [-0.2, -0.15) is 0 Å². The van der Waals surface area contributed by atoms with Crippen molar-refractivity contribution in [1.82, 2.24) is 20.8 Å². The summed E-state index contributed by atoms with van der Waals surface area (Å²) in [4.78, 5) is 22.5. The van der Waals surface area contributed by atoms with Crippen molar-refractivity contribution in [1.29, 1.82) is 0 Å². The number of piperidine rings is 1. The summed E-state index contributed by atoms with van der Waals surface area (Å²) < 4.78 is 0. The number of aliphatic imine (C=N–C) groups is 1. The van der Waals surface area contributed by atoms with E-state index in [1.165, 1.54) is 43.5 Å². The van der Waals surface area contributed by atoms with Crippen LogP contribution in [0.1, 0.15) is 47.2 Å². The molecule has 2 saturated heterocycles. The first-order valence-electron chi connectivity index (χ1n) is 12.5. The molecular weight excluding hydrogens is 424 g/mol. The van der Waals surface area contributed by atoms with Crippen LogP contribution in [0.4, 0.5) is 5.69 Å². The minimum absolute atomic E-state index is 0.151. The van der Waals surface area contributed by atoms with Crippen LogP contribution in [-0.4, -0.2) is 54.1 Å². The summed E-state index contributed by atoms with van der Waals surface area (Å²) in [5, 5.41) is 1.93. The summed E-state index contributed by atoms with van der Waals surface area (Å²) in [7, 11) is 0. The van der Waals surface area contributed by atoms with Crippen LogP contribution in [0.5, 0.6) is 0 Å². The lowest BCUT2D eigenvalue weighted by Crippen LogP contribution is -2.43. The topological polar surface area (TPSA) is 63.2 Å². The van der Waals surface area contributed by atoms with Gasteiger partial charge >= 0.3 is 0 Å². The highest BCUT2D eigenvalue weighted by Crippen LogP contribution is 2.25. The molecule has 7 nitrogen and oxygen atoms in total. The Morgan fingerprint density at radius 1 is 1.00 bits per heavy atom. The number of hydrazine groups is 2. The molecule has 2 fully saturated rings. The van der Waals surface area contributed by atoms with E-state index < -0.39 is 0 Å². The van der Waals surface area contributed by atoms with E-state index in [-0.39, 0.29) is 5.91 Å². The van der Waals surface area contributed by atoms with Gasteiger partial charge in [0, 0.05) is 30.8 Å². The molecular formula is C27H32N6O. The lowest BCUT2D eigenvalue weighted by Gasteiger charge is -2.34. The van der Waals surface area contributed by atoms with Gasteiger partial charge in [0.2, 0.25) is 0 Å². The highest BCUT2D eigenvalue weighted by molar-refractivity contribution is 6.14. The molecule has 4 heterocycles. The fourth-order valence-corrected chi connectivity index (χ4v) is 5.62. The Kier molecular flexibility index (Phi) is 5.81. The first-order valence-corrected chi connectivity index (χ1v) is 12.5. The smallest absolute Gasteiger partial charge is 0.253 e. The minimum atomic E-state index is 0.151. The number of nitrogens with zero attached hydrogens (tertiary/aromatic N) is 4. The Balaban J connectivity index is 1.10. The molecule has 176 valence electrons. The van der Waals surface area contributed by atoms with E-state index >= 15 is 0 Å². The molecule has 0 saturated carbocycles. The third-order valence-electron chi connectivity index (χ3n) is 7.42. The first kappa shape index (κ1) is 21.4. The molecule has 2 aromatic carbocycles. The molecule has 0 bridgehead atoms. The van der Waals surface area contributed by atoms with Gasteiger partial charge in [0.15, 0.2) is 0 Å². The van der Waals surface area contributed by atoms with Crippen LogP contribution in [0.25, 0.3) is 0 Å². The summed E-state index contributed by atoms with van der Waals surface area (Å²) in [6.07, 6.45) is 7.00. The minimum Gasteiger partial charge on any atom is -0.338 e. The molecule has 0 aliphatic carbocycles. The third kappa shape index (κ3) is 4.21. The van der Waals surface area contributed by atoms with Gasteiger partial charge in [-0.05, 0) is 74.5 Å². The summed E-state index contributed by atoms with van der Waals surface area (Å²) in [6.45, 7) is 6.05. The van der Waals surface area contributed by atoms with Crippen LogP contribution in [0, 0.1) is 5.92 Å². The van der Waals surface area contributed by atoms with Crippen LogP contribution in [0.2, 0.25) is 0 Å². The zero-order valence-electron chi connectivity index (χ0n) is 19.5. The second-order valence-electron chi connectivity index (χ2n) is 9.79. The molecule has 4 aliphatic rings. The average molecular weight is 457 g/mol. The number of hydrogen-bond donors (Lipinski definition) is 2. The summed E-state index contributed by atoms with van der Waals surface area (Å²) in [5.74, 6) is 0.750. The van der Waals surface area contributed by atoms with Crippen LogP contribution in [0.15, 0.2) is 65.4 Å². The molecule has 1 amide bonds. The molecule has 2 N–H and O–H groups in total. The number of amides is 1. The molecule has 1 unspecified atom stereocenters. The predicted molar refractivity (Wildman–Crippen MR) is 134 cm³/mol. The molecule has 4 aliphatic heterocycles. The number of carbonyl (C=O) groups is 1. The van der Waals surface area contributed by atoms with Crippen LogP contribution in [-0.2, 0) is 6.54 Å². The maximum Gasteiger partial charge on any atom is 0.253 e. The molecule has 0 radical (unpaired) electrons. The molecule has 1 atom stereocenters. The van der Waals surface area contributed by atoms with Gasteiger partial charge in [0.1, 0.15) is 0 Å². The summed E-state index contributed by atoms with van der Waals surface area (Å²) in [6, 6.07) is 16.2. The predicted octanol–water partition coefficient (Wildman–Crippen LogP) is 3.31. The number of benzene rings is 2. The zero-order chi connectivity index (χ0) is 22.9. The molecule has 7 heteroatoms. The highest BCUT2D eigenvalue weighted by Gasteiger charge is 2.27. The largest absolute Gasteiger partial charge is 0.338 e. The molecule has 6 rings (SSSR count). The van der Waals surface area contributed by atoms with Gasteiger partial charge in [0.05, 0.1) is 29.8 Å². The van der Waals surface area contributed by atoms with Crippen molar-refractivity contribution in [2.75, 3.05) is 37.7 Å². The van der Waals surface area contributed by atoms with Crippen molar-refractivity contribution in [3.05, 3.63) is 77.1 Å². The Labute approximate surface area is 201 Å². The van der Waals surface area contributed by atoms with E-state index in [2.05, 4.69) is 39.0 Å². The second kappa shape index (κ2) is 9.24. The number of likely N-dealkylation sites (tertiary alicyclic amines) is 2. The van der Waals surface area contributed by atoms with Gasteiger partial charge < -0.3 is 9.80 Å². The number of hydrogen-bond acceptors (Lipinski definition) is 6. The quantitative estimate of drug-likeness (QED) is 0.723. The fourth-order valence-electron chi connectivity index (χ4n) is 5.62. The van der Waals surface area contributed by atoms with E-state index in [9.17, 15) is 4.79 Å². The van der Waals surface area contributed by atoms with Crippen LogP contribution < -0.4 is 16.0 Å². The number of fused-ring (bicyclic) bond motifs is 1. The van der Waals surface area contributed by atoms with Crippen molar-refractivity contribution in [3.63, 3.8) is 0 Å². The Morgan fingerprint density at radius 3 is 2.68 bits per heavy atom. The maximum absolute atomic E-state index is 13.2. The number of nitrogens with one attached hydrogen (secondary N) is 2. The van der Waals surface area contributed by atoms with E-state index in [0.29, 0.717) is 5.92 Å². The van der Waals surface area contributed by atoms with Crippen LogP contribution in [0.3, 0.4) is 0 Å². The lowest BCUT2D eigenvalue weighted by atomic mass is 9.96. The van der Waals surface area contributed by atoms with E-state index in [1.54, 1.807) is 0 Å². The maximum atomic E-state index is 13.2. The molecule has 0 spiro atoms. The average Bonchev–Trinajstić information content (AvgIpc) is 3.65. The monoisotopic (exact) mass is 456 g/mol. The van der Waals surface area contributed by atoms with Gasteiger partial charge in [-0.1, -0.05) is 24.3 Å². The number of anilines is 1. The van der Waals surface area contributed by atoms with Gasteiger partial charge in [0.25, 0.3) is 5.91 Å². The van der Waals surface area contributed by atoms with E-state index in [1.807, 2.05) is 41.5 Å². The van der Waals surface area contributed by atoms with Crippen LogP contribution >= 0.6 is 0 Å². The number of carbonyl (C=O) groups excluding carboxylic acids is 1. The first-order chi connectivity index (χ1) is 16.7. The van der Waals surface area contributed by atoms with Gasteiger partial charge in [-0.15, -0.1) is 5.53 Å². The van der Waals surface area contributed by atoms with Gasteiger partial charge in [-0.25, -0.2) is 0 Å². The fraction of sp³-hybridized carbons (Fsp3) is 0.407.